The van der Waals surface area contributed by atoms with E-state index < -0.39 is 101 Å². The van der Waals surface area contributed by atoms with Gasteiger partial charge in [-0.2, -0.15) is 0 Å². The molecule has 3 N–H and O–H groups in total. The second-order valence-electron chi connectivity index (χ2n) is 20.2. The van der Waals surface area contributed by atoms with Crippen LogP contribution < -0.4 is 16.0 Å². The van der Waals surface area contributed by atoms with Gasteiger partial charge < -0.3 is 34.8 Å². The number of nitrogens with zero attached hydrogens (tertiary/aromatic N) is 3. The number of cyclic esters (lactones) is 2. The van der Waals surface area contributed by atoms with Crippen molar-refractivity contribution >= 4 is 47.3 Å². The smallest absolute Gasteiger partial charge is 0.329 e. The number of hydrogen-bond acceptors (Lipinski definition) is 11. The number of nitrogens with one attached hydrogen (secondary N) is 3. The number of ether oxygens (including phenoxy) is 2. The summed E-state index contributed by atoms with van der Waals surface area (Å²) >= 11 is 0. The van der Waals surface area contributed by atoms with Crippen molar-refractivity contribution in [1.82, 2.24) is 30.7 Å². The Morgan fingerprint density at radius 2 is 1.23 bits per heavy atom. The van der Waals surface area contributed by atoms with Crippen molar-refractivity contribution in [3.05, 3.63) is 35.9 Å². The summed E-state index contributed by atoms with van der Waals surface area (Å²) in [6, 6.07) is 3.25. The van der Waals surface area contributed by atoms with E-state index in [4.69, 9.17) is 9.47 Å². The molecule has 0 saturated carbocycles. The van der Waals surface area contributed by atoms with Gasteiger partial charge in [0.25, 0.3) is 5.91 Å². The number of carbonyl (C=O) groups is 8. The molecule has 358 valence electrons. The Bertz CT molecular complexity index is 1940. The highest BCUT2D eigenvalue weighted by Gasteiger charge is 2.49. The van der Waals surface area contributed by atoms with Gasteiger partial charge in [-0.1, -0.05) is 78.3 Å². The largest absolute Gasteiger partial charge is 0.460 e. The maximum absolute atomic E-state index is 14.6. The van der Waals surface area contributed by atoms with Crippen molar-refractivity contribution in [2.45, 2.75) is 181 Å². The van der Waals surface area contributed by atoms with Crippen LogP contribution in [0.5, 0.6) is 0 Å². The van der Waals surface area contributed by atoms with Gasteiger partial charge in [-0.15, -0.1) is 0 Å². The highest BCUT2D eigenvalue weighted by molar-refractivity contribution is 5.98. The lowest BCUT2D eigenvalue weighted by Gasteiger charge is -2.37. The molecule has 0 aliphatic carbocycles. The number of ketones is 1. The normalized spacial score (nSPS) is 31.7. The molecule has 2 bridgehead atoms. The predicted octanol–water partition coefficient (Wildman–Crippen LogP) is 3.47. The molecule has 0 radical (unpaired) electrons. The van der Waals surface area contributed by atoms with E-state index in [9.17, 15) is 38.4 Å². The van der Waals surface area contributed by atoms with Crippen LogP contribution in [0.4, 0.5) is 0 Å². The van der Waals surface area contributed by atoms with Crippen LogP contribution in [-0.4, -0.2) is 136 Å². The first-order valence-corrected chi connectivity index (χ1v) is 24.1. The lowest BCUT2D eigenvalue weighted by Crippen LogP contribution is -2.59. The lowest BCUT2D eigenvalue weighted by molar-refractivity contribution is -0.170. The molecule has 5 amide bonds. The van der Waals surface area contributed by atoms with Gasteiger partial charge in [-0.05, 0) is 101 Å². The van der Waals surface area contributed by atoms with E-state index in [0.717, 1.165) is 5.56 Å². The molecular weight excluding hydrogens is 833 g/mol. The van der Waals surface area contributed by atoms with Crippen molar-refractivity contribution in [3.63, 3.8) is 0 Å². The molecule has 1 aromatic rings. The minimum absolute atomic E-state index is 0.245. The van der Waals surface area contributed by atoms with Crippen molar-refractivity contribution in [3.8, 4) is 0 Å². The summed E-state index contributed by atoms with van der Waals surface area (Å²) in [6.45, 7) is 15.1. The summed E-state index contributed by atoms with van der Waals surface area (Å²) in [4.78, 5) is 119. The van der Waals surface area contributed by atoms with E-state index in [2.05, 4.69) is 16.0 Å². The Morgan fingerprint density at radius 1 is 0.646 bits per heavy atom. The monoisotopic (exact) mass is 905 g/mol. The second-order valence-corrected chi connectivity index (χ2v) is 20.2. The first-order chi connectivity index (χ1) is 30.8. The quantitative estimate of drug-likeness (QED) is 0.339. The molecule has 6 rings (SSSR count). The summed E-state index contributed by atoms with van der Waals surface area (Å²) in [6.07, 6.45) is 2.50. The number of hydrogen-bond donors (Lipinski definition) is 3. The van der Waals surface area contributed by atoms with E-state index >= 15 is 0 Å². The Labute approximate surface area is 384 Å². The minimum Gasteiger partial charge on any atom is -0.460 e. The van der Waals surface area contributed by atoms with Gasteiger partial charge >= 0.3 is 11.9 Å². The third-order valence-electron chi connectivity index (χ3n) is 14.3. The van der Waals surface area contributed by atoms with Crippen molar-refractivity contribution in [2.24, 2.45) is 23.2 Å². The fourth-order valence-corrected chi connectivity index (χ4v) is 10.3. The minimum atomic E-state index is -1.29. The van der Waals surface area contributed by atoms with E-state index in [0.29, 0.717) is 70.8 Å². The standard InChI is InChI=1S/C49H72N6O10/c1-9-16-37-49(7,8)48(63)52-38(28(2)3)44(59)55-26-15-21-36(55)47(62)65-41(29(4)5)45(60)54-25-14-20-35(54)43(58)53-24-13-19-34(53)42(57)51-39(30(6)27-31-17-11-10-12-18-31)40(56)32-22-23-33(50-32)46(61)64-37/h10-12,17-18,28-30,32-39,41,50H,9,13-16,19-27H2,1-8H3,(H,51,57)(H,52,63)/t30-,32?,33+,34+,35+,36+,37-,38+,39+,41+/m1/s1. The van der Waals surface area contributed by atoms with E-state index in [-0.39, 0.29) is 43.0 Å². The van der Waals surface area contributed by atoms with E-state index in [1.54, 1.807) is 41.5 Å². The SMILES string of the molecule is CCC[C@H]1OC(=O)[C@@H]2CCC(N2)C(=O)[C@H]([C@H](C)Cc2ccccc2)NC(=O)[C@@H]2CCCN2C(=O)[C@@H]2CCCN2C(=O)[C@H](C(C)C)OC(=O)[C@@H]2CCCN2C(=O)[C@H](C(C)C)NC(=O)C1(C)C. The van der Waals surface area contributed by atoms with Crippen LogP contribution in [0.1, 0.15) is 125 Å². The highest BCUT2D eigenvalue weighted by atomic mass is 16.6. The second kappa shape index (κ2) is 21.2. The zero-order chi connectivity index (χ0) is 47.3. The first-order valence-electron chi connectivity index (χ1n) is 24.1. The average Bonchev–Trinajstić information content (AvgIpc) is 4.12. The zero-order valence-corrected chi connectivity index (χ0v) is 39.6. The molecule has 65 heavy (non-hydrogen) atoms. The van der Waals surface area contributed by atoms with Gasteiger partial charge in [0, 0.05) is 19.6 Å². The highest BCUT2D eigenvalue weighted by Crippen LogP contribution is 2.32. The van der Waals surface area contributed by atoms with Gasteiger partial charge in [0.05, 0.1) is 17.5 Å². The van der Waals surface area contributed by atoms with Crippen LogP contribution in [0.3, 0.4) is 0 Å². The van der Waals surface area contributed by atoms with Gasteiger partial charge in [-0.3, -0.25) is 38.9 Å². The van der Waals surface area contributed by atoms with Gasteiger partial charge in [0.15, 0.2) is 11.9 Å². The molecule has 16 heteroatoms. The molecule has 5 heterocycles. The van der Waals surface area contributed by atoms with Gasteiger partial charge in [0.2, 0.25) is 23.6 Å². The lowest BCUT2D eigenvalue weighted by atomic mass is 9.82. The Hall–Kier alpha value is -4.86. The van der Waals surface area contributed by atoms with Gasteiger partial charge in [0.1, 0.15) is 36.3 Å². The van der Waals surface area contributed by atoms with Crippen LogP contribution in [-0.2, 0) is 54.3 Å². The molecule has 16 nitrogen and oxygen atoms in total. The Morgan fingerprint density at radius 3 is 1.85 bits per heavy atom. The maximum Gasteiger partial charge on any atom is 0.329 e. The first kappa shape index (κ1) is 49.6. The fourth-order valence-electron chi connectivity index (χ4n) is 10.3. The van der Waals surface area contributed by atoms with Crippen LogP contribution in [0.15, 0.2) is 30.3 Å². The molecule has 0 spiro atoms. The van der Waals surface area contributed by atoms with Gasteiger partial charge in [-0.25, -0.2) is 4.79 Å². The molecule has 1 unspecified atom stereocenters. The summed E-state index contributed by atoms with van der Waals surface area (Å²) < 4.78 is 12.2. The number of fused-ring (bicyclic) bond motifs is 5. The number of carbonyl (C=O) groups excluding carboxylic acids is 8. The van der Waals surface area contributed by atoms with Crippen LogP contribution in [0.25, 0.3) is 0 Å². The van der Waals surface area contributed by atoms with E-state index in [1.807, 2.05) is 44.2 Å². The number of amides is 5. The average molecular weight is 905 g/mol. The van der Waals surface area contributed by atoms with E-state index in [1.165, 1.54) is 14.7 Å². The summed E-state index contributed by atoms with van der Waals surface area (Å²) in [5.41, 5.74) is -0.316. The Kier molecular flexibility index (Phi) is 16.2. The number of esters is 2. The molecule has 0 aromatic heterocycles. The topological polar surface area (TPSA) is 201 Å². The Balaban J connectivity index is 1.34. The molecule has 5 aliphatic heterocycles. The predicted molar refractivity (Wildman–Crippen MR) is 240 cm³/mol. The van der Waals surface area contributed by atoms with Crippen LogP contribution in [0, 0.1) is 23.2 Å². The molecule has 10 atom stereocenters. The summed E-state index contributed by atoms with van der Waals surface area (Å²) in [5, 5.41) is 9.19. The fraction of sp³-hybridized carbons (Fsp3) is 0.714. The summed E-state index contributed by atoms with van der Waals surface area (Å²) in [5.74, 6) is -5.17. The number of rotatable bonds is 7. The molecule has 5 saturated heterocycles. The third-order valence-corrected chi connectivity index (χ3v) is 14.3. The van der Waals surface area contributed by atoms with Crippen molar-refractivity contribution in [1.29, 1.82) is 0 Å². The number of benzene rings is 1. The van der Waals surface area contributed by atoms with Crippen molar-refractivity contribution in [2.75, 3.05) is 19.6 Å². The molecule has 5 fully saturated rings. The zero-order valence-electron chi connectivity index (χ0n) is 39.6. The van der Waals surface area contributed by atoms with Crippen molar-refractivity contribution < 1.29 is 47.8 Å². The van der Waals surface area contributed by atoms with Crippen LogP contribution >= 0.6 is 0 Å². The molecule has 5 aliphatic rings. The van der Waals surface area contributed by atoms with Crippen LogP contribution in [0.2, 0.25) is 0 Å². The summed E-state index contributed by atoms with van der Waals surface area (Å²) in [7, 11) is 0. The molecular formula is C49H72N6O10. The third kappa shape index (κ3) is 10.9. The molecule has 1 aromatic carbocycles. The number of Topliss-reactive ketones (excluding diaryl/α,β-unsaturated/α-hetero) is 1. The maximum atomic E-state index is 14.6.